The lowest BCUT2D eigenvalue weighted by atomic mass is 9.89. The van der Waals surface area contributed by atoms with Gasteiger partial charge in [-0.2, -0.15) is 0 Å². The third-order valence-corrected chi connectivity index (χ3v) is 9.11. The lowest BCUT2D eigenvalue weighted by Crippen LogP contribution is -2.74. The number of fused-ring (bicyclic) bond motifs is 1. The van der Waals surface area contributed by atoms with Gasteiger partial charge < -0.3 is 20.3 Å². The molecule has 154 valence electrons. The standard InChI is InChI=1S/C15H15N5O5S4/c21-8(1-7-2-26-13(25)17-7)18-9-10(22)20-3-15(12(23)24,4-27-11(9)20)5-28-14-19-16-6-29-14/h2,6,9,11H,1,3-5H2,(H,17,25)(H,18,21)(H,23,24)/t9?,11-,15?/m1/s1. The number of hydrogen-bond donors (Lipinski definition) is 3. The zero-order valence-electron chi connectivity index (χ0n) is 14.7. The molecule has 2 amide bonds. The summed E-state index contributed by atoms with van der Waals surface area (Å²) in [7, 11) is 0. The Morgan fingerprint density at radius 1 is 1.41 bits per heavy atom. The van der Waals surface area contributed by atoms with E-state index < -0.39 is 17.4 Å². The molecule has 2 aromatic rings. The van der Waals surface area contributed by atoms with E-state index in [4.69, 9.17) is 0 Å². The molecule has 2 fully saturated rings. The van der Waals surface area contributed by atoms with Crippen LogP contribution in [-0.2, 0) is 20.8 Å². The van der Waals surface area contributed by atoms with Crippen molar-refractivity contribution in [2.24, 2.45) is 5.41 Å². The molecular formula is C15H15N5O5S4. The Kier molecular flexibility index (Phi) is 5.68. The van der Waals surface area contributed by atoms with Crippen LogP contribution in [0.3, 0.4) is 0 Å². The average molecular weight is 474 g/mol. The Balaban J connectivity index is 1.37. The molecule has 14 heteroatoms. The molecule has 4 rings (SSSR count). The van der Waals surface area contributed by atoms with Gasteiger partial charge in [0, 0.05) is 29.1 Å². The van der Waals surface area contributed by atoms with E-state index >= 15 is 0 Å². The highest BCUT2D eigenvalue weighted by atomic mass is 32.2. The van der Waals surface area contributed by atoms with Gasteiger partial charge in [-0.15, -0.1) is 22.0 Å². The molecule has 29 heavy (non-hydrogen) atoms. The molecule has 10 nitrogen and oxygen atoms in total. The minimum absolute atomic E-state index is 0.0164. The number of nitrogens with zero attached hydrogens (tertiary/aromatic N) is 3. The molecule has 2 saturated heterocycles. The highest BCUT2D eigenvalue weighted by Crippen LogP contribution is 2.44. The van der Waals surface area contributed by atoms with Crippen molar-refractivity contribution in [1.29, 1.82) is 0 Å². The Morgan fingerprint density at radius 2 is 2.24 bits per heavy atom. The van der Waals surface area contributed by atoms with Gasteiger partial charge in [-0.05, 0) is 0 Å². The molecule has 0 aliphatic carbocycles. The summed E-state index contributed by atoms with van der Waals surface area (Å²) < 4.78 is 0.685. The van der Waals surface area contributed by atoms with Gasteiger partial charge in [-0.25, -0.2) is 0 Å². The predicted octanol–water partition coefficient (Wildman–Crippen LogP) is 0.0936. The van der Waals surface area contributed by atoms with E-state index in [0.29, 0.717) is 15.8 Å². The number of carbonyl (C=O) groups is 3. The minimum Gasteiger partial charge on any atom is -0.481 e. The summed E-state index contributed by atoms with van der Waals surface area (Å²) in [6.45, 7) is 0.0921. The number of β-lactam (4-membered cyclic amide) rings is 1. The third-order valence-electron chi connectivity index (χ3n) is 4.65. The summed E-state index contributed by atoms with van der Waals surface area (Å²) in [5, 5.41) is 21.5. The molecule has 2 aliphatic heterocycles. The summed E-state index contributed by atoms with van der Waals surface area (Å²) >= 11 is 4.99. The molecular weight excluding hydrogens is 458 g/mol. The molecule has 0 saturated carbocycles. The van der Waals surface area contributed by atoms with Gasteiger partial charge in [-0.1, -0.05) is 34.4 Å². The van der Waals surface area contributed by atoms with E-state index in [1.54, 1.807) is 10.9 Å². The van der Waals surface area contributed by atoms with Crippen molar-refractivity contribution < 1.29 is 19.5 Å². The predicted molar refractivity (Wildman–Crippen MR) is 109 cm³/mol. The van der Waals surface area contributed by atoms with Crippen molar-refractivity contribution in [3.63, 3.8) is 0 Å². The van der Waals surface area contributed by atoms with Gasteiger partial charge in [0.05, 0.1) is 6.42 Å². The molecule has 0 aromatic carbocycles. The number of thioether (sulfide) groups is 2. The third kappa shape index (κ3) is 4.06. The van der Waals surface area contributed by atoms with Crippen molar-refractivity contribution >= 4 is 64.0 Å². The second kappa shape index (κ2) is 8.08. The van der Waals surface area contributed by atoms with Crippen LogP contribution in [0.2, 0.25) is 0 Å². The van der Waals surface area contributed by atoms with Crippen LogP contribution in [0.25, 0.3) is 0 Å². The monoisotopic (exact) mass is 473 g/mol. The van der Waals surface area contributed by atoms with E-state index in [2.05, 4.69) is 20.5 Å². The smallest absolute Gasteiger partial charge is 0.313 e. The quantitative estimate of drug-likeness (QED) is 0.376. The summed E-state index contributed by atoms with van der Waals surface area (Å²) in [5.74, 6) is -1.00. The first-order valence-electron chi connectivity index (χ1n) is 8.38. The zero-order valence-corrected chi connectivity index (χ0v) is 18.0. The minimum atomic E-state index is -1.09. The van der Waals surface area contributed by atoms with Gasteiger partial charge in [0.1, 0.15) is 22.3 Å². The first-order chi connectivity index (χ1) is 13.9. The molecule has 3 N–H and O–H groups in total. The summed E-state index contributed by atoms with van der Waals surface area (Å²) in [6, 6.07) is -0.680. The highest BCUT2D eigenvalue weighted by Gasteiger charge is 2.57. The van der Waals surface area contributed by atoms with Crippen molar-refractivity contribution in [2.45, 2.75) is 22.2 Å². The number of carboxylic acid groups (broad SMARTS) is 1. The number of carboxylic acids is 1. The van der Waals surface area contributed by atoms with Gasteiger partial charge in [0.2, 0.25) is 11.8 Å². The fraction of sp³-hybridized carbons (Fsp3) is 0.467. The van der Waals surface area contributed by atoms with E-state index in [1.807, 2.05) is 0 Å². The van der Waals surface area contributed by atoms with Gasteiger partial charge in [0.15, 0.2) is 4.34 Å². The number of H-pyrrole nitrogens is 1. The lowest BCUT2D eigenvalue weighted by Gasteiger charge is -2.53. The van der Waals surface area contributed by atoms with Crippen molar-refractivity contribution in [1.82, 2.24) is 25.4 Å². The highest BCUT2D eigenvalue weighted by molar-refractivity contribution is 8.01. The Bertz CT molecular complexity index is 991. The van der Waals surface area contributed by atoms with E-state index in [9.17, 15) is 24.3 Å². The number of carbonyl (C=O) groups excluding carboxylic acids is 2. The number of rotatable bonds is 7. The average Bonchev–Trinajstić information content (AvgIpc) is 3.35. The summed E-state index contributed by atoms with van der Waals surface area (Å²) in [4.78, 5) is 51.7. The zero-order chi connectivity index (χ0) is 20.6. The molecule has 0 bridgehead atoms. The Hall–Kier alpha value is -1.90. The maximum atomic E-state index is 12.6. The fourth-order valence-corrected chi connectivity index (χ4v) is 7.06. The molecule has 0 radical (unpaired) electrons. The van der Waals surface area contributed by atoms with Crippen LogP contribution in [0, 0.1) is 5.41 Å². The second-order valence-electron chi connectivity index (χ2n) is 6.64. The van der Waals surface area contributed by atoms with Crippen LogP contribution < -0.4 is 10.2 Å². The van der Waals surface area contributed by atoms with Crippen molar-refractivity contribution in [3.05, 3.63) is 26.3 Å². The van der Waals surface area contributed by atoms with Crippen molar-refractivity contribution in [2.75, 3.05) is 18.1 Å². The second-order valence-corrected chi connectivity index (χ2v) is 10.6. The lowest BCUT2D eigenvalue weighted by molar-refractivity contribution is -0.157. The van der Waals surface area contributed by atoms with E-state index in [0.717, 1.165) is 11.3 Å². The fourth-order valence-electron chi connectivity index (χ4n) is 3.13. The van der Waals surface area contributed by atoms with Crippen LogP contribution in [0.1, 0.15) is 5.69 Å². The van der Waals surface area contributed by atoms with Gasteiger partial charge in [-0.3, -0.25) is 19.2 Å². The maximum Gasteiger partial charge on any atom is 0.313 e. The van der Waals surface area contributed by atoms with Crippen LogP contribution in [0.4, 0.5) is 0 Å². The van der Waals surface area contributed by atoms with Gasteiger partial charge in [0.25, 0.3) is 0 Å². The number of aromatic nitrogens is 3. The van der Waals surface area contributed by atoms with Crippen LogP contribution >= 0.6 is 46.2 Å². The van der Waals surface area contributed by atoms with Crippen molar-refractivity contribution in [3.8, 4) is 0 Å². The number of hydrogen-bond acceptors (Lipinski definition) is 10. The van der Waals surface area contributed by atoms with E-state index in [-0.39, 0.29) is 40.8 Å². The summed E-state index contributed by atoms with van der Waals surface area (Å²) in [6.07, 6.45) is -0.0164. The molecule has 0 spiro atoms. The number of aliphatic carboxylic acids is 1. The van der Waals surface area contributed by atoms with Crippen LogP contribution in [0.15, 0.2) is 20.0 Å². The first-order valence-corrected chi connectivity index (χ1v) is 12.2. The van der Waals surface area contributed by atoms with E-state index in [1.165, 1.54) is 39.8 Å². The molecule has 2 aliphatic rings. The Labute approximate surface area is 180 Å². The molecule has 2 aromatic heterocycles. The largest absolute Gasteiger partial charge is 0.481 e. The topological polar surface area (TPSA) is 145 Å². The van der Waals surface area contributed by atoms with Crippen LogP contribution in [0.5, 0.6) is 0 Å². The molecule has 4 heterocycles. The maximum absolute atomic E-state index is 12.6. The number of thiazole rings is 1. The number of amides is 2. The first kappa shape index (κ1) is 20.4. The molecule has 3 atom stereocenters. The normalized spacial score (nSPS) is 25.9. The SMILES string of the molecule is O=C(Cc1csc(=O)[nH]1)NC1C(=O)N2CC(CSc3nncs3)(C(=O)O)CS[C@H]12. The number of aromatic amines is 1. The molecule has 2 unspecified atom stereocenters. The summed E-state index contributed by atoms with van der Waals surface area (Å²) in [5.41, 5.74) is 0.994. The Morgan fingerprint density at radius 3 is 2.90 bits per heavy atom. The van der Waals surface area contributed by atoms with Crippen LogP contribution in [-0.4, -0.2) is 72.4 Å². The number of nitrogens with one attached hydrogen (secondary N) is 2. The van der Waals surface area contributed by atoms with Gasteiger partial charge >= 0.3 is 10.8 Å².